The van der Waals surface area contributed by atoms with Crippen molar-refractivity contribution in [3.05, 3.63) is 0 Å². The van der Waals surface area contributed by atoms with Crippen molar-refractivity contribution in [3.8, 4) is 0 Å². The summed E-state index contributed by atoms with van der Waals surface area (Å²) in [5, 5.41) is 0. The number of hydrogen-bond donors (Lipinski definition) is 0. The summed E-state index contributed by atoms with van der Waals surface area (Å²) in [4.78, 5) is 0. The lowest BCUT2D eigenvalue weighted by atomic mass is 9.94. The van der Waals surface area contributed by atoms with Gasteiger partial charge in [0.05, 0.1) is 13.2 Å². The van der Waals surface area contributed by atoms with E-state index in [1.54, 1.807) is 0 Å². The zero-order valence-electron chi connectivity index (χ0n) is 9.92. The van der Waals surface area contributed by atoms with Gasteiger partial charge in [0.15, 0.2) is 5.79 Å². The second kappa shape index (κ2) is 3.21. The van der Waals surface area contributed by atoms with Crippen molar-refractivity contribution < 1.29 is 9.47 Å². The Hall–Kier alpha value is -0.0800. The van der Waals surface area contributed by atoms with Gasteiger partial charge < -0.3 is 9.47 Å². The smallest absolute Gasteiger partial charge is 0.168 e. The standard InChI is InChI=1S/C13H22O2/c1-12(2)8-14-13(15-9-12)6-10-4-3-5-11(10)7-13/h10-11H,3-9H2,1-2H3/t10-,11+. The molecule has 3 rings (SSSR count). The van der Waals surface area contributed by atoms with Crippen LogP contribution in [0.15, 0.2) is 0 Å². The van der Waals surface area contributed by atoms with E-state index in [1.165, 1.54) is 19.3 Å². The normalized spacial score (nSPS) is 42.0. The van der Waals surface area contributed by atoms with E-state index in [0.717, 1.165) is 37.9 Å². The van der Waals surface area contributed by atoms with E-state index < -0.39 is 0 Å². The van der Waals surface area contributed by atoms with Crippen LogP contribution in [0.5, 0.6) is 0 Å². The highest BCUT2D eigenvalue weighted by molar-refractivity contribution is 4.95. The van der Waals surface area contributed by atoms with Crippen LogP contribution in [-0.4, -0.2) is 19.0 Å². The van der Waals surface area contributed by atoms with E-state index in [0.29, 0.717) is 0 Å². The number of hydrogen-bond acceptors (Lipinski definition) is 2. The maximum atomic E-state index is 6.06. The van der Waals surface area contributed by atoms with Gasteiger partial charge in [0.1, 0.15) is 0 Å². The third kappa shape index (κ3) is 1.72. The van der Waals surface area contributed by atoms with Crippen molar-refractivity contribution in [3.63, 3.8) is 0 Å². The summed E-state index contributed by atoms with van der Waals surface area (Å²) < 4.78 is 12.1. The summed E-state index contributed by atoms with van der Waals surface area (Å²) in [5.41, 5.74) is 0.211. The van der Waals surface area contributed by atoms with Crippen LogP contribution < -0.4 is 0 Å². The Morgan fingerprint density at radius 1 is 0.933 bits per heavy atom. The molecule has 1 heterocycles. The topological polar surface area (TPSA) is 18.5 Å². The molecule has 86 valence electrons. The average molecular weight is 210 g/mol. The maximum absolute atomic E-state index is 6.06. The van der Waals surface area contributed by atoms with Gasteiger partial charge in [-0.25, -0.2) is 0 Å². The fourth-order valence-corrected chi connectivity index (χ4v) is 3.51. The lowest BCUT2D eigenvalue weighted by Crippen LogP contribution is -2.46. The molecule has 1 saturated heterocycles. The summed E-state index contributed by atoms with van der Waals surface area (Å²) >= 11 is 0. The van der Waals surface area contributed by atoms with Crippen molar-refractivity contribution in [2.75, 3.05) is 13.2 Å². The fraction of sp³-hybridized carbons (Fsp3) is 1.00. The van der Waals surface area contributed by atoms with Gasteiger partial charge in [-0.05, 0) is 24.7 Å². The third-order valence-electron chi connectivity index (χ3n) is 4.41. The average Bonchev–Trinajstić information content (AvgIpc) is 2.69. The van der Waals surface area contributed by atoms with Crippen molar-refractivity contribution in [1.82, 2.24) is 0 Å². The zero-order valence-corrected chi connectivity index (χ0v) is 9.92. The van der Waals surface area contributed by atoms with Crippen molar-refractivity contribution in [2.45, 2.75) is 51.7 Å². The first-order chi connectivity index (χ1) is 7.09. The van der Waals surface area contributed by atoms with Gasteiger partial charge in [-0.1, -0.05) is 20.3 Å². The van der Waals surface area contributed by atoms with Crippen molar-refractivity contribution in [2.24, 2.45) is 17.3 Å². The van der Waals surface area contributed by atoms with Crippen LogP contribution >= 0.6 is 0 Å². The molecule has 3 fully saturated rings. The highest BCUT2D eigenvalue weighted by Crippen LogP contribution is 2.52. The lowest BCUT2D eigenvalue weighted by molar-refractivity contribution is -0.297. The molecule has 2 atom stereocenters. The van der Waals surface area contributed by atoms with E-state index in [2.05, 4.69) is 13.8 Å². The van der Waals surface area contributed by atoms with Gasteiger partial charge in [0.25, 0.3) is 0 Å². The zero-order chi connectivity index (χ0) is 10.5. The molecular weight excluding hydrogens is 188 g/mol. The van der Waals surface area contributed by atoms with Gasteiger partial charge >= 0.3 is 0 Å². The third-order valence-corrected chi connectivity index (χ3v) is 4.41. The molecule has 15 heavy (non-hydrogen) atoms. The van der Waals surface area contributed by atoms with Gasteiger partial charge in [-0.2, -0.15) is 0 Å². The Labute approximate surface area is 92.3 Å². The second-order valence-corrected chi connectivity index (χ2v) is 6.51. The first-order valence-electron chi connectivity index (χ1n) is 6.37. The first-order valence-corrected chi connectivity index (χ1v) is 6.37. The molecule has 0 aromatic heterocycles. The van der Waals surface area contributed by atoms with Crippen LogP contribution in [0.2, 0.25) is 0 Å². The van der Waals surface area contributed by atoms with Crippen molar-refractivity contribution >= 4 is 0 Å². The van der Waals surface area contributed by atoms with E-state index in [-0.39, 0.29) is 11.2 Å². The van der Waals surface area contributed by atoms with Gasteiger partial charge in [-0.15, -0.1) is 0 Å². The quantitative estimate of drug-likeness (QED) is 0.612. The molecule has 0 aromatic carbocycles. The first kappa shape index (κ1) is 10.1. The number of rotatable bonds is 0. The van der Waals surface area contributed by atoms with Crippen LogP contribution in [0.4, 0.5) is 0 Å². The SMILES string of the molecule is CC1(C)COC2(C[C@H]3CCC[C@H]3C2)OC1. The Kier molecular flexibility index (Phi) is 2.16. The van der Waals surface area contributed by atoms with Gasteiger partial charge in [-0.3, -0.25) is 0 Å². The van der Waals surface area contributed by atoms with Crippen LogP contribution in [-0.2, 0) is 9.47 Å². The molecule has 1 spiro atoms. The molecule has 3 aliphatic rings. The minimum atomic E-state index is -0.175. The van der Waals surface area contributed by atoms with Crippen molar-refractivity contribution in [1.29, 1.82) is 0 Å². The van der Waals surface area contributed by atoms with Crippen LogP contribution in [0, 0.1) is 17.3 Å². The van der Waals surface area contributed by atoms with Crippen LogP contribution in [0.25, 0.3) is 0 Å². The lowest BCUT2D eigenvalue weighted by Gasteiger charge is -2.42. The van der Waals surface area contributed by atoms with Gasteiger partial charge in [0.2, 0.25) is 0 Å². The summed E-state index contributed by atoms with van der Waals surface area (Å²) in [6.45, 7) is 6.17. The van der Waals surface area contributed by atoms with E-state index in [9.17, 15) is 0 Å². The Morgan fingerprint density at radius 2 is 1.47 bits per heavy atom. The number of fused-ring (bicyclic) bond motifs is 1. The molecule has 2 aliphatic carbocycles. The van der Waals surface area contributed by atoms with Crippen LogP contribution in [0.1, 0.15) is 46.0 Å². The minimum absolute atomic E-state index is 0.175. The monoisotopic (exact) mass is 210 g/mol. The predicted molar refractivity (Wildman–Crippen MR) is 58.5 cm³/mol. The highest BCUT2D eigenvalue weighted by Gasteiger charge is 2.51. The Morgan fingerprint density at radius 3 is 2.00 bits per heavy atom. The summed E-state index contributed by atoms with van der Waals surface area (Å²) in [6, 6.07) is 0. The molecule has 2 nitrogen and oxygen atoms in total. The molecule has 2 saturated carbocycles. The fourth-order valence-electron chi connectivity index (χ4n) is 3.51. The molecular formula is C13H22O2. The Balaban J connectivity index is 1.68. The molecule has 0 amide bonds. The largest absolute Gasteiger partial charge is 0.349 e. The molecule has 0 unspecified atom stereocenters. The highest BCUT2D eigenvalue weighted by atomic mass is 16.7. The molecule has 2 heteroatoms. The molecule has 1 aliphatic heterocycles. The Bertz CT molecular complexity index is 235. The molecule has 0 N–H and O–H groups in total. The second-order valence-electron chi connectivity index (χ2n) is 6.51. The number of ether oxygens (including phenoxy) is 2. The van der Waals surface area contributed by atoms with Gasteiger partial charge in [0, 0.05) is 18.3 Å². The molecule has 0 radical (unpaired) electrons. The summed E-state index contributed by atoms with van der Waals surface area (Å²) in [6.07, 6.45) is 6.56. The minimum Gasteiger partial charge on any atom is -0.349 e. The molecule has 0 bridgehead atoms. The summed E-state index contributed by atoms with van der Waals surface area (Å²) in [5.74, 6) is 1.61. The summed E-state index contributed by atoms with van der Waals surface area (Å²) in [7, 11) is 0. The van der Waals surface area contributed by atoms with Crippen LogP contribution in [0.3, 0.4) is 0 Å². The molecule has 0 aromatic rings. The van der Waals surface area contributed by atoms with E-state index in [4.69, 9.17) is 9.47 Å². The van der Waals surface area contributed by atoms with E-state index in [1.807, 2.05) is 0 Å². The predicted octanol–water partition coefficient (Wildman–Crippen LogP) is 2.97. The maximum Gasteiger partial charge on any atom is 0.168 e. The van der Waals surface area contributed by atoms with E-state index >= 15 is 0 Å².